The predicted octanol–water partition coefficient (Wildman–Crippen LogP) is 5.32. The van der Waals surface area contributed by atoms with E-state index < -0.39 is 0 Å². The highest BCUT2D eigenvalue weighted by Crippen LogP contribution is 2.22. The third-order valence-electron chi connectivity index (χ3n) is 4.73. The van der Waals surface area contributed by atoms with Crippen LogP contribution in [-0.2, 0) is 0 Å². The lowest BCUT2D eigenvalue weighted by Crippen LogP contribution is -1.85. The van der Waals surface area contributed by atoms with Crippen LogP contribution in [0.3, 0.4) is 0 Å². The van der Waals surface area contributed by atoms with Gasteiger partial charge >= 0.3 is 0 Å². The van der Waals surface area contributed by atoms with Crippen LogP contribution in [0.2, 0.25) is 0 Å². The third-order valence-corrected chi connectivity index (χ3v) is 6.63. The number of hydrogen-bond donors (Lipinski definition) is 0. The number of aliphatic imine (C=N–C) groups is 2. The van der Waals surface area contributed by atoms with Crippen molar-refractivity contribution in [1.29, 1.82) is 0 Å². The molecule has 0 saturated heterocycles. The summed E-state index contributed by atoms with van der Waals surface area (Å²) < 4.78 is 2.09. The molecule has 0 fully saturated rings. The van der Waals surface area contributed by atoms with Crippen LogP contribution in [-0.4, -0.2) is 44.1 Å². The van der Waals surface area contributed by atoms with Crippen molar-refractivity contribution in [2.45, 2.75) is 0 Å². The minimum absolute atomic E-state index is 0.927. The smallest absolute Gasteiger partial charge is 0.137 e. The van der Waals surface area contributed by atoms with Crippen LogP contribution < -0.4 is 0 Å². The SMILES string of the molecule is C(=C\c1ccc(-c2cn3cc(/C=C/C4=NCCS4)ccc3n2)cc1)/C1=NCCS1. The van der Waals surface area contributed by atoms with E-state index in [9.17, 15) is 0 Å². The molecular formula is C23H20N4S2. The van der Waals surface area contributed by atoms with Gasteiger partial charge in [0.2, 0.25) is 0 Å². The first-order chi connectivity index (χ1) is 14.3. The molecule has 2 aliphatic rings. The lowest BCUT2D eigenvalue weighted by molar-refractivity contribution is 1.18. The van der Waals surface area contributed by atoms with Crippen molar-refractivity contribution in [2.24, 2.45) is 9.98 Å². The Hall–Kier alpha value is -2.57. The van der Waals surface area contributed by atoms with E-state index in [4.69, 9.17) is 4.98 Å². The van der Waals surface area contributed by atoms with Gasteiger partial charge in [0.05, 0.1) is 15.8 Å². The van der Waals surface area contributed by atoms with Gasteiger partial charge in [-0.1, -0.05) is 36.4 Å². The van der Waals surface area contributed by atoms with E-state index in [1.54, 1.807) is 0 Å². The summed E-state index contributed by atoms with van der Waals surface area (Å²) in [4.78, 5) is 13.7. The van der Waals surface area contributed by atoms with Gasteiger partial charge in [-0.15, -0.1) is 23.5 Å². The van der Waals surface area contributed by atoms with Crippen LogP contribution in [0.15, 0.2) is 70.9 Å². The van der Waals surface area contributed by atoms with E-state index in [-0.39, 0.29) is 0 Å². The Kier molecular flexibility index (Phi) is 5.37. The van der Waals surface area contributed by atoms with Crippen LogP contribution in [0.25, 0.3) is 29.1 Å². The largest absolute Gasteiger partial charge is 0.306 e. The average Bonchev–Trinajstić information content (AvgIpc) is 3.52. The molecule has 0 spiro atoms. The quantitative estimate of drug-likeness (QED) is 0.565. The molecule has 29 heavy (non-hydrogen) atoms. The van der Waals surface area contributed by atoms with Crippen LogP contribution in [0.1, 0.15) is 11.1 Å². The first-order valence-corrected chi connectivity index (χ1v) is 11.6. The van der Waals surface area contributed by atoms with Crippen molar-refractivity contribution in [3.63, 3.8) is 0 Å². The highest BCUT2D eigenvalue weighted by atomic mass is 32.2. The van der Waals surface area contributed by atoms with E-state index in [1.165, 1.54) is 5.56 Å². The predicted molar refractivity (Wildman–Crippen MR) is 128 cm³/mol. The Bertz CT molecular complexity index is 1150. The number of nitrogens with zero attached hydrogens (tertiary/aromatic N) is 4. The molecule has 0 bridgehead atoms. The summed E-state index contributed by atoms with van der Waals surface area (Å²) in [5.74, 6) is 2.18. The van der Waals surface area contributed by atoms with E-state index in [2.05, 4.69) is 87.5 Å². The first-order valence-electron chi connectivity index (χ1n) is 9.63. The highest BCUT2D eigenvalue weighted by Gasteiger charge is 2.06. The molecule has 1 aromatic carbocycles. The molecule has 3 aromatic rings. The van der Waals surface area contributed by atoms with Crippen molar-refractivity contribution in [2.75, 3.05) is 24.6 Å². The van der Waals surface area contributed by atoms with Gasteiger partial charge in [0.1, 0.15) is 5.65 Å². The van der Waals surface area contributed by atoms with Gasteiger partial charge in [-0.3, -0.25) is 9.98 Å². The Balaban J connectivity index is 1.34. The Labute approximate surface area is 178 Å². The number of imidazole rings is 1. The maximum atomic E-state index is 4.77. The normalized spacial score (nSPS) is 17.0. The summed E-state index contributed by atoms with van der Waals surface area (Å²) in [6, 6.07) is 12.7. The van der Waals surface area contributed by atoms with Crippen molar-refractivity contribution < 1.29 is 0 Å². The van der Waals surface area contributed by atoms with Crippen LogP contribution >= 0.6 is 23.5 Å². The molecule has 0 saturated carbocycles. The molecule has 0 atom stereocenters. The maximum absolute atomic E-state index is 4.77. The minimum atomic E-state index is 0.927. The van der Waals surface area contributed by atoms with Crippen molar-refractivity contribution >= 4 is 51.4 Å². The summed E-state index contributed by atoms with van der Waals surface area (Å²) in [6.45, 7) is 1.86. The lowest BCUT2D eigenvalue weighted by Gasteiger charge is -1.98. The van der Waals surface area contributed by atoms with E-state index in [0.29, 0.717) is 0 Å². The summed E-state index contributed by atoms with van der Waals surface area (Å²) in [7, 11) is 0. The van der Waals surface area contributed by atoms with Gasteiger partial charge in [-0.2, -0.15) is 0 Å². The Morgan fingerprint density at radius 2 is 1.38 bits per heavy atom. The maximum Gasteiger partial charge on any atom is 0.137 e. The Morgan fingerprint density at radius 3 is 2.03 bits per heavy atom. The van der Waals surface area contributed by atoms with E-state index in [1.807, 2.05) is 23.5 Å². The molecule has 4 nitrogen and oxygen atoms in total. The number of rotatable bonds is 5. The standard InChI is InChI=1S/C23H20N4S2/c1-6-19(7-2-17(1)4-9-22-24-11-13-28-22)20-16-27-15-18(3-8-21(27)26-20)5-10-23-25-12-14-29-23/h1-10,15-16H,11-14H2/b9-4+,10-5+. The molecule has 0 amide bonds. The van der Waals surface area contributed by atoms with Gasteiger partial charge in [0, 0.05) is 42.6 Å². The van der Waals surface area contributed by atoms with Gasteiger partial charge in [-0.05, 0) is 35.4 Å². The molecule has 6 heteroatoms. The fourth-order valence-electron chi connectivity index (χ4n) is 3.25. The number of pyridine rings is 1. The second-order valence-electron chi connectivity index (χ2n) is 6.78. The summed E-state index contributed by atoms with van der Waals surface area (Å²) in [5, 5.41) is 2.24. The molecular weight excluding hydrogens is 396 g/mol. The first kappa shape index (κ1) is 18.5. The molecule has 0 N–H and O–H groups in total. The summed E-state index contributed by atoms with van der Waals surface area (Å²) >= 11 is 3.62. The monoisotopic (exact) mass is 416 g/mol. The fourth-order valence-corrected chi connectivity index (χ4v) is 4.73. The molecule has 0 unspecified atom stereocenters. The zero-order chi connectivity index (χ0) is 19.5. The summed E-state index contributed by atoms with van der Waals surface area (Å²) in [6.07, 6.45) is 12.6. The molecule has 4 heterocycles. The van der Waals surface area contributed by atoms with Crippen LogP contribution in [0, 0.1) is 0 Å². The van der Waals surface area contributed by atoms with Gasteiger partial charge in [0.15, 0.2) is 0 Å². The zero-order valence-corrected chi connectivity index (χ0v) is 17.5. The van der Waals surface area contributed by atoms with E-state index >= 15 is 0 Å². The number of fused-ring (bicyclic) bond motifs is 1. The van der Waals surface area contributed by atoms with E-state index in [0.717, 1.165) is 57.2 Å². The molecule has 5 rings (SSSR count). The molecule has 2 aromatic heterocycles. The number of thioether (sulfide) groups is 2. The van der Waals surface area contributed by atoms with Crippen molar-refractivity contribution in [3.8, 4) is 11.3 Å². The number of aromatic nitrogens is 2. The second-order valence-corrected chi connectivity index (χ2v) is 9.01. The molecule has 2 aliphatic heterocycles. The van der Waals surface area contributed by atoms with Crippen LogP contribution in [0.5, 0.6) is 0 Å². The third kappa shape index (κ3) is 4.38. The van der Waals surface area contributed by atoms with Gasteiger partial charge < -0.3 is 4.40 Å². The minimum Gasteiger partial charge on any atom is -0.306 e. The topological polar surface area (TPSA) is 42.0 Å². The number of hydrogen-bond acceptors (Lipinski definition) is 5. The van der Waals surface area contributed by atoms with Crippen LogP contribution in [0.4, 0.5) is 0 Å². The zero-order valence-electron chi connectivity index (χ0n) is 15.9. The lowest BCUT2D eigenvalue weighted by atomic mass is 10.1. The molecule has 144 valence electrons. The van der Waals surface area contributed by atoms with Crippen molar-refractivity contribution in [1.82, 2.24) is 9.38 Å². The fraction of sp³-hybridized carbons (Fsp3) is 0.174. The summed E-state index contributed by atoms with van der Waals surface area (Å²) in [5.41, 5.74) is 5.36. The van der Waals surface area contributed by atoms with Gasteiger partial charge in [0.25, 0.3) is 0 Å². The molecule has 0 aliphatic carbocycles. The second kappa shape index (κ2) is 8.43. The highest BCUT2D eigenvalue weighted by molar-refractivity contribution is 8.14. The average molecular weight is 417 g/mol. The number of benzene rings is 1. The Morgan fingerprint density at radius 1 is 0.724 bits per heavy atom. The molecule has 0 radical (unpaired) electrons. The van der Waals surface area contributed by atoms with Crippen molar-refractivity contribution in [3.05, 3.63) is 72.1 Å². The van der Waals surface area contributed by atoms with Gasteiger partial charge in [-0.25, -0.2) is 4.98 Å².